The second kappa shape index (κ2) is 55.4. The number of esters is 2. The van der Waals surface area contributed by atoms with Gasteiger partial charge in [-0.05, 0) is 116 Å². The maximum Gasteiger partial charge on any atom is 0.306 e. The van der Waals surface area contributed by atoms with Gasteiger partial charge in [0, 0.05) is 19.4 Å². The molecule has 0 radical (unpaired) electrons. The highest BCUT2D eigenvalue weighted by atomic mass is 16.6. The van der Waals surface area contributed by atoms with E-state index in [9.17, 15) is 9.59 Å². The second-order valence-electron chi connectivity index (χ2n) is 17.0. The zero-order valence-electron chi connectivity index (χ0n) is 42.7. The van der Waals surface area contributed by atoms with E-state index in [1.165, 1.54) is 57.8 Å². The molecule has 0 saturated carbocycles. The standard InChI is InChI=1S/C61H98O5/c1-4-7-10-13-16-19-22-25-27-29-30-31-33-35-38-41-44-47-50-53-56-64-57-59(66-61(63)55-52-49-46-43-40-36-24-21-18-15-12-9-6-3)58-65-60(62)54-51-48-45-42-39-37-34-32-28-26-23-20-17-14-11-8-5-2/h7-12,16-21,25-28,30-31,36,40,46,49,59H,4-6,13-15,22-24,29,32-35,37-39,41-45,47-48,50-58H2,1-3H3/b10-7-,11-8-,12-9-,19-16-,20-17-,21-18-,27-25-,28-26-,31-30-,40-36-,49-46-. The SMILES string of the molecule is CC/C=C\C/C=C\C/C=C\C/C=C\CCCCCCCCCOCC(COC(=O)CCCCCCCCC/C=C\C/C=C\C/C=C\CC)OC(=O)CC/C=C\C/C=C\C/C=C\C/C=C\CC. The van der Waals surface area contributed by atoms with E-state index in [2.05, 4.69) is 148 Å². The van der Waals surface area contributed by atoms with E-state index >= 15 is 0 Å². The first-order valence-corrected chi connectivity index (χ1v) is 26.7. The summed E-state index contributed by atoms with van der Waals surface area (Å²) in [7, 11) is 0. The van der Waals surface area contributed by atoms with E-state index in [0.29, 0.717) is 19.4 Å². The Balaban J connectivity index is 4.38. The number of carbonyl (C=O) groups excluding carboxylic acids is 2. The van der Waals surface area contributed by atoms with Crippen LogP contribution in [0.3, 0.4) is 0 Å². The fourth-order valence-corrected chi connectivity index (χ4v) is 6.82. The number of ether oxygens (including phenoxy) is 3. The Morgan fingerprint density at radius 2 is 0.667 bits per heavy atom. The van der Waals surface area contributed by atoms with Crippen LogP contribution < -0.4 is 0 Å². The Hall–Kier alpha value is -3.96. The smallest absolute Gasteiger partial charge is 0.306 e. The molecule has 372 valence electrons. The number of carbonyl (C=O) groups is 2. The summed E-state index contributed by atoms with van der Waals surface area (Å²) in [6.07, 6.45) is 79.1. The van der Waals surface area contributed by atoms with Crippen LogP contribution in [-0.2, 0) is 23.8 Å². The Kier molecular flexibility index (Phi) is 52.0. The van der Waals surface area contributed by atoms with Crippen molar-refractivity contribution in [2.45, 2.75) is 219 Å². The first-order chi connectivity index (χ1) is 32.6. The van der Waals surface area contributed by atoms with Gasteiger partial charge >= 0.3 is 11.9 Å². The highest BCUT2D eigenvalue weighted by molar-refractivity contribution is 5.70. The number of allylic oxidation sites excluding steroid dienone is 22. The third-order valence-corrected chi connectivity index (χ3v) is 10.7. The molecular weight excluding hydrogens is 813 g/mol. The molecule has 0 bridgehead atoms. The van der Waals surface area contributed by atoms with Crippen molar-refractivity contribution in [1.29, 1.82) is 0 Å². The summed E-state index contributed by atoms with van der Waals surface area (Å²) in [6.45, 7) is 7.36. The minimum Gasteiger partial charge on any atom is -0.462 e. The van der Waals surface area contributed by atoms with Gasteiger partial charge in [0.2, 0.25) is 0 Å². The molecule has 0 N–H and O–H groups in total. The fourth-order valence-electron chi connectivity index (χ4n) is 6.82. The molecule has 5 nitrogen and oxygen atoms in total. The van der Waals surface area contributed by atoms with E-state index in [-0.39, 0.29) is 31.6 Å². The number of unbranched alkanes of at least 4 members (excludes halogenated alkanes) is 14. The van der Waals surface area contributed by atoms with Crippen LogP contribution in [0.4, 0.5) is 0 Å². The minimum absolute atomic E-state index is 0.0382. The molecule has 0 fully saturated rings. The number of rotatable bonds is 47. The highest BCUT2D eigenvalue weighted by Gasteiger charge is 2.17. The van der Waals surface area contributed by atoms with Gasteiger partial charge in [-0.3, -0.25) is 9.59 Å². The predicted octanol–water partition coefficient (Wildman–Crippen LogP) is 18.3. The second-order valence-corrected chi connectivity index (χ2v) is 17.0. The molecule has 0 heterocycles. The largest absolute Gasteiger partial charge is 0.462 e. The van der Waals surface area contributed by atoms with Crippen molar-refractivity contribution in [2.75, 3.05) is 19.8 Å². The van der Waals surface area contributed by atoms with Gasteiger partial charge in [-0.25, -0.2) is 0 Å². The van der Waals surface area contributed by atoms with Gasteiger partial charge in [-0.2, -0.15) is 0 Å². The lowest BCUT2D eigenvalue weighted by Crippen LogP contribution is -2.30. The molecule has 66 heavy (non-hydrogen) atoms. The Morgan fingerprint density at radius 1 is 0.333 bits per heavy atom. The molecule has 0 aliphatic carbocycles. The van der Waals surface area contributed by atoms with Crippen molar-refractivity contribution in [3.63, 3.8) is 0 Å². The molecule has 0 aliphatic rings. The van der Waals surface area contributed by atoms with Crippen LogP contribution >= 0.6 is 0 Å². The van der Waals surface area contributed by atoms with Crippen LogP contribution in [0, 0.1) is 0 Å². The van der Waals surface area contributed by atoms with Crippen LogP contribution in [0.25, 0.3) is 0 Å². The number of hydrogen-bond acceptors (Lipinski definition) is 5. The topological polar surface area (TPSA) is 61.8 Å². The molecule has 0 amide bonds. The van der Waals surface area contributed by atoms with E-state index in [4.69, 9.17) is 14.2 Å². The average molecular weight is 911 g/mol. The van der Waals surface area contributed by atoms with Crippen molar-refractivity contribution in [2.24, 2.45) is 0 Å². The molecule has 1 atom stereocenters. The zero-order valence-corrected chi connectivity index (χ0v) is 42.7. The first kappa shape index (κ1) is 62.0. The van der Waals surface area contributed by atoms with Gasteiger partial charge in [-0.15, -0.1) is 0 Å². The van der Waals surface area contributed by atoms with Crippen LogP contribution in [-0.4, -0.2) is 37.9 Å². The summed E-state index contributed by atoms with van der Waals surface area (Å²) >= 11 is 0. The van der Waals surface area contributed by atoms with Gasteiger partial charge in [-0.1, -0.05) is 219 Å². The lowest BCUT2D eigenvalue weighted by molar-refractivity contribution is -0.162. The normalized spacial score (nSPS) is 13.3. The van der Waals surface area contributed by atoms with E-state index in [1.54, 1.807) is 0 Å². The van der Waals surface area contributed by atoms with E-state index in [0.717, 1.165) is 116 Å². The molecule has 0 rings (SSSR count). The van der Waals surface area contributed by atoms with Crippen molar-refractivity contribution in [3.05, 3.63) is 134 Å². The summed E-state index contributed by atoms with van der Waals surface area (Å²) in [4.78, 5) is 25.4. The Bertz CT molecular complexity index is 1400. The summed E-state index contributed by atoms with van der Waals surface area (Å²) < 4.78 is 17.3. The Morgan fingerprint density at radius 3 is 1.08 bits per heavy atom. The maximum absolute atomic E-state index is 12.8. The van der Waals surface area contributed by atoms with Crippen molar-refractivity contribution < 1.29 is 23.8 Å². The zero-order chi connectivity index (χ0) is 47.7. The molecule has 0 aliphatic heterocycles. The van der Waals surface area contributed by atoms with Crippen molar-refractivity contribution >= 4 is 11.9 Å². The van der Waals surface area contributed by atoms with Crippen LogP contribution in [0.1, 0.15) is 213 Å². The summed E-state index contributed by atoms with van der Waals surface area (Å²) in [5, 5.41) is 0. The molecule has 5 heteroatoms. The van der Waals surface area contributed by atoms with Gasteiger partial charge in [0.15, 0.2) is 6.10 Å². The monoisotopic (exact) mass is 911 g/mol. The molecule has 0 aromatic carbocycles. The molecule has 0 aromatic heterocycles. The van der Waals surface area contributed by atoms with Crippen LogP contribution in [0.5, 0.6) is 0 Å². The highest BCUT2D eigenvalue weighted by Crippen LogP contribution is 2.13. The third-order valence-electron chi connectivity index (χ3n) is 10.7. The van der Waals surface area contributed by atoms with Gasteiger partial charge < -0.3 is 14.2 Å². The molecule has 0 spiro atoms. The lowest BCUT2D eigenvalue weighted by atomic mass is 10.1. The Labute approximate surface area is 407 Å². The van der Waals surface area contributed by atoms with Crippen LogP contribution in [0.2, 0.25) is 0 Å². The van der Waals surface area contributed by atoms with Crippen molar-refractivity contribution in [1.82, 2.24) is 0 Å². The molecule has 0 aromatic rings. The molecule has 1 unspecified atom stereocenters. The summed E-state index contributed by atoms with van der Waals surface area (Å²) in [5.41, 5.74) is 0. The molecular formula is C61H98O5. The molecule has 0 saturated heterocycles. The van der Waals surface area contributed by atoms with E-state index in [1.807, 2.05) is 6.08 Å². The quantitative estimate of drug-likeness (QED) is 0.0346. The summed E-state index contributed by atoms with van der Waals surface area (Å²) in [6, 6.07) is 0. The average Bonchev–Trinajstić information content (AvgIpc) is 3.32. The number of hydrogen-bond donors (Lipinski definition) is 0. The van der Waals surface area contributed by atoms with Crippen molar-refractivity contribution in [3.8, 4) is 0 Å². The van der Waals surface area contributed by atoms with E-state index < -0.39 is 6.10 Å². The van der Waals surface area contributed by atoms with Gasteiger partial charge in [0.25, 0.3) is 0 Å². The predicted molar refractivity (Wildman–Crippen MR) is 288 cm³/mol. The summed E-state index contributed by atoms with van der Waals surface area (Å²) in [5.74, 6) is -0.517. The minimum atomic E-state index is -0.594. The van der Waals surface area contributed by atoms with Crippen LogP contribution in [0.15, 0.2) is 134 Å². The third kappa shape index (κ3) is 52.7. The van der Waals surface area contributed by atoms with Gasteiger partial charge in [0.05, 0.1) is 6.61 Å². The lowest BCUT2D eigenvalue weighted by Gasteiger charge is -2.18. The first-order valence-electron chi connectivity index (χ1n) is 26.7. The van der Waals surface area contributed by atoms with Gasteiger partial charge in [0.1, 0.15) is 6.61 Å². The fraction of sp³-hybridized carbons (Fsp3) is 0.607. The maximum atomic E-state index is 12.8.